The van der Waals surface area contributed by atoms with Crippen molar-refractivity contribution in [1.82, 2.24) is 9.65 Å². The van der Waals surface area contributed by atoms with E-state index in [1.54, 1.807) is 13.2 Å². The number of rotatable bonds is 7. The fourth-order valence-corrected chi connectivity index (χ4v) is 3.12. The Bertz CT molecular complexity index is 667. The Kier molecular flexibility index (Phi) is 6.33. The average molecular weight is 355 g/mol. The third-order valence-electron chi connectivity index (χ3n) is 3.73. The highest BCUT2D eigenvalue weighted by atomic mass is 35.5. The van der Waals surface area contributed by atoms with Gasteiger partial charge in [-0.3, -0.25) is 4.98 Å². The molecule has 1 aromatic heterocycles. The van der Waals surface area contributed by atoms with Gasteiger partial charge in [0.1, 0.15) is 0 Å². The Balaban J connectivity index is 2.21. The fraction of sp³-hybridized carbons (Fsp3) is 0.312. The van der Waals surface area contributed by atoms with Gasteiger partial charge in [-0.25, -0.2) is 9.24 Å². The van der Waals surface area contributed by atoms with Crippen LogP contribution in [0.15, 0.2) is 48.7 Å². The molecule has 0 saturated heterocycles. The molecule has 5 nitrogen and oxygen atoms in total. The number of aromatic nitrogens is 1. The van der Waals surface area contributed by atoms with Crippen LogP contribution in [0.5, 0.6) is 0 Å². The molecule has 124 valence electrons. The Morgan fingerprint density at radius 1 is 1.30 bits per heavy atom. The third kappa shape index (κ3) is 4.87. The van der Waals surface area contributed by atoms with Crippen LogP contribution in [-0.2, 0) is 9.09 Å². The maximum Gasteiger partial charge on any atom is 0.405 e. The van der Waals surface area contributed by atoms with E-state index < -0.39 is 7.75 Å². The third-order valence-corrected chi connectivity index (χ3v) is 5.52. The lowest BCUT2D eigenvalue weighted by Gasteiger charge is -2.24. The van der Waals surface area contributed by atoms with Gasteiger partial charge in [-0.05, 0) is 43.3 Å². The molecule has 2 unspecified atom stereocenters. The van der Waals surface area contributed by atoms with Crippen molar-refractivity contribution in [2.24, 2.45) is 0 Å². The van der Waals surface area contributed by atoms with Crippen LogP contribution < -0.4 is 0 Å². The van der Waals surface area contributed by atoms with Crippen molar-refractivity contribution in [2.75, 3.05) is 20.7 Å². The first kappa shape index (κ1) is 18.1. The lowest BCUT2D eigenvalue weighted by Crippen LogP contribution is -2.20. The quantitative estimate of drug-likeness (QED) is 0.763. The minimum absolute atomic E-state index is 0.00720. The van der Waals surface area contributed by atoms with Crippen LogP contribution >= 0.6 is 19.3 Å². The molecule has 0 aliphatic rings. The van der Waals surface area contributed by atoms with E-state index in [1.165, 1.54) is 11.8 Å². The zero-order valence-electron chi connectivity index (χ0n) is 13.1. The summed E-state index contributed by atoms with van der Waals surface area (Å²) < 4.78 is 17.8. The number of hydrogen-bond donors (Lipinski definition) is 1. The van der Waals surface area contributed by atoms with Gasteiger partial charge in [0.25, 0.3) is 0 Å². The molecule has 0 fully saturated rings. The summed E-state index contributed by atoms with van der Waals surface area (Å²) in [7, 11) is -0.920. The lowest BCUT2D eigenvalue weighted by atomic mass is 9.92. The summed E-state index contributed by atoms with van der Waals surface area (Å²) in [6.07, 6.45) is 2.37. The average Bonchev–Trinajstić information content (AvgIpc) is 2.57. The summed E-state index contributed by atoms with van der Waals surface area (Å²) in [6.45, 7) is 0.394. The van der Waals surface area contributed by atoms with Crippen molar-refractivity contribution in [1.29, 1.82) is 0 Å². The second-order valence-corrected chi connectivity index (χ2v) is 7.67. The summed E-state index contributed by atoms with van der Waals surface area (Å²) in [6, 6.07) is 13.3. The maximum absolute atomic E-state index is 11.8. The monoisotopic (exact) mass is 354 g/mol. The van der Waals surface area contributed by atoms with Gasteiger partial charge in [0.2, 0.25) is 0 Å². The highest BCUT2D eigenvalue weighted by molar-refractivity contribution is 7.50. The highest BCUT2D eigenvalue weighted by Gasteiger charge is 2.26. The predicted octanol–water partition coefficient (Wildman–Crippen LogP) is 3.94. The summed E-state index contributed by atoms with van der Waals surface area (Å²) in [5.41, 5.74) is 1.97. The van der Waals surface area contributed by atoms with Crippen molar-refractivity contribution in [3.8, 4) is 0 Å². The second kappa shape index (κ2) is 8.04. The molecule has 0 spiro atoms. The van der Waals surface area contributed by atoms with Gasteiger partial charge in [-0.2, -0.15) is 0 Å². The molecule has 0 amide bonds. The predicted molar refractivity (Wildman–Crippen MR) is 91.6 cm³/mol. The zero-order valence-corrected chi connectivity index (χ0v) is 14.7. The standard InChI is InChI=1S/C16H20ClN2O3P/c1-19(23(20,21)22-2)12-10-15(16-5-3-4-11-18-16)13-6-8-14(17)9-7-13/h3-9,11,15H,10,12H2,1-2H3,(H,20,21). The summed E-state index contributed by atoms with van der Waals surface area (Å²) >= 11 is 5.96. The van der Waals surface area contributed by atoms with Crippen LogP contribution in [0.1, 0.15) is 23.6 Å². The van der Waals surface area contributed by atoms with Crippen LogP contribution in [-0.4, -0.2) is 35.3 Å². The van der Waals surface area contributed by atoms with E-state index in [0.29, 0.717) is 18.0 Å². The Morgan fingerprint density at radius 2 is 2.00 bits per heavy atom. The molecule has 1 heterocycles. The number of hydrogen-bond acceptors (Lipinski definition) is 3. The number of pyridine rings is 1. The van der Waals surface area contributed by atoms with Crippen LogP contribution in [0, 0.1) is 0 Å². The molecule has 0 bridgehead atoms. The van der Waals surface area contributed by atoms with Gasteiger partial charge in [-0.1, -0.05) is 29.8 Å². The van der Waals surface area contributed by atoms with E-state index >= 15 is 0 Å². The zero-order chi connectivity index (χ0) is 16.9. The van der Waals surface area contributed by atoms with Crippen molar-refractivity contribution in [2.45, 2.75) is 12.3 Å². The van der Waals surface area contributed by atoms with Gasteiger partial charge in [0, 0.05) is 36.5 Å². The summed E-state index contributed by atoms with van der Waals surface area (Å²) in [4.78, 5) is 14.1. The van der Waals surface area contributed by atoms with E-state index in [2.05, 4.69) is 9.51 Å². The molecule has 0 saturated carbocycles. The molecule has 7 heteroatoms. The van der Waals surface area contributed by atoms with Crippen LogP contribution in [0.25, 0.3) is 0 Å². The molecule has 2 rings (SSSR count). The molecule has 23 heavy (non-hydrogen) atoms. The largest absolute Gasteiger partial charge is 0.405 e. The van der Waals surface area contributed by atoms with Crippen molar-refractivity contribution >= 4 is 19.3 Å². The number of halogens is 1. The van der Waals surface area contributed by atoms with Crippen LogP contribution in [0.4, 0.5) is 0 Å². The van der Waals surface area contributed by atoms with Gasteiger partial charge in [0.15, 0.2) is 0 Å². The van der Waals surface area contributed by atoms with Gasteiger partial charge < -0.3 is 9.42 Å². The number of benzene rings is 1. The first-order chi connectivity index (χ1) is 10.9. The molecule has 2 aromatic rings. The van der Waals surface area contributed by atoms with E-state index in [1.807, 2.05) is 42.5 Å². The van der Waals surface area contributed by atoms with E-state index in [0.717, 1.165) is 11.3 Å². The maximum atomic E-state index is 11.8. The van der Waals surface area contributed by atoms with Gasteiger partial charge >= 0.3 is 7.75 Å². The van der Waals surface area contributed by atoms with E-state index in [9.17, 15) is 9.46 Å². The van der Waals surface area contributed by atoms with Crippen LogP contribution in [0.3, 0.4) is 0 Å². The molecule has 0 aliphatic heterocycles. The van der Waals surface area contributed by atoms with E-state index in [4.69, 9.17) is 11.6 Å². The minimum Gasteiger partial charge on any atom is -0.312 e. The molecule has 2 atom stereocenters. The first-order valence-corrected chi connectivity index (χ1v) is 9.11. The SMILES string of the molecule is COP(=O)(O)N(C)CCC(c1ccc(Cl)cc1)c1ccccn1. The Hall–Kier alpha value is -1.23. The van der Waals surface area contributed by atoms with Crippen molar-refractivity contribution in [3.05, 3.63) is 64.9 Å². The van der Waals surface area contributed by atoms with Crippen molar-refractivity contribution < 1.29 is 14.0 Å². The Labute approximate surface area is 141 Å². The van der Waals surface area contributed by atoms with Crippen molar-refractivity contribution in [3.63, 3.8) is 0 Å². The summed E-state index contributed by atoms with van der Waals surface area (Å²) in [5.74, 6) is 0.00720. The van der Waals surface area contributed by atoms with E-state index in [-0.39, 0.29) is 5.92 Å². The topological polar surface area (TPSA) is 62.7 Å². The normalized spacial score (nSPS) is 15.3. The smallest absolute Gasteiger partial charge is 0.312 e. The first-order valence-electron chi connectivity index (χ1n) is 7.20. The Morgan fingerprint density at radius 3 is 2.57 bits per heavy atom. The fourth-order valence-electron chi connectivity index (χ4n) is 2.34. The van der Waals surface area contributed by atoms with Gasteiger partial charge in [-0.15, -0.1) is 0 Å². The summed E-state index contributed by atoms with van der Waals surface area (Å²) in [5, 5.41) is 0.671. The molecule has 0 radical (unpaired) electrons. The molecule has 1 N–H and O–H groups in total. The molecular formula is C16H20ClN2O3P. The van der Waals surface area contributed by atoms with Crippen LogP contribution in [0.2, 0.25) is 5.02 Å². The number of nitrogens with zero attached hydrogens (tertiary/aromatic N) is 2. The highest BCUT2D eigenvalue weighted by Crippen LogP contribution is 2.44. The van der Waals surface area contributed by atoms with Gasteiger partial charge in [0.05, 0.1) is 0 Å². The molecule has 0 aliphatic carbocycles. The minimum atomic E-state index is -3.72. The molecular weight excluding hydrogens is 335 g/mol. The molecule has 1 aromatic carbocycles. The second-order valence-electron chi connectivity index (χ2n) is 5.20. The lowest BCUT2D eigenvalue weighted by molar-refractivity contribution is 0.250.